The van der Waals surface area contributed by atoms with Crippen LogP contribution in [0.1, 0.15) is 16.3 Å². The molecular weight excluding hydrogens is 254 g/mol. The summed E-state index contributed by atoms with van der Waals surface area (Å²) in [5.74, 6) is -1.57. The van der Waals surface area contributed by atoms with Crippen molar-refractivity contribution in [1.82, 2.24) is 10.3 Å². The molecule has 0 aliphatic carbocycles. The molecule has 0 amide bonds. The van der Waals surface area contributed by atoms with Gasteiger partial charge in [-0.05, 0) is 13.0 Å². The Bertz CT molecular complexity index is 525. The average Bonchev–Trinajstić information content (AvgIpc) is 2.76. The van der Waals surface area contributed by atoms with Crippen molar-refractivity contribution in [3.05, 3.63) is 51.5 Å². The fourth-order valence-corrected chi connectivity index (χ4v) is 2.40. The van der Waals surface area contributed by atoms with Crippen molar-refractivity contribution in [3.8, 4) is 0 Å². The molecule has 0 saturated heterocycles. The van der Waals surface area contributed by atoms with Crippen molar-refractivity contribution >= 4 is 11.3 Å². The van der Waals surface area contributed by atoms with Crippen LogP contribution in [0.15, 0.2) is 23.6 Å². The van der Waals surface area contributed by atoms with Crippen LogP contribution in [0.5, 0.6) is 0 Å². The Balaban J connectivity index is 1.80. The molecular formula is C13H14F2N2S. The highest BCUT2D eigenvalue weighted by atomic mass is 32.1. The SMILES string of the molecule is Cc1csc(CCNCc2cccc(F)c2F)n1. The van der Waals surface area contributed by atoms with E-state index in [-0.39, 0.29) is 0 Å². The molecule has 5 heteroatoms. The van der Waals surface area contributed by atoms with Crippen LogP contribution in [0.4, 0.5) is 8.78 Å². The van der Waals surface area contributed by atoms with Gasteiger partial charge < -0.3 is 5.32 Å². The Kier molecular flexibility index (Phi) is 4.38. The highest BCUT2D eigenvalue weighted by Gasteiger charge is 2.06. The van der Waals surface area contributed by atoms with E-state index in [2.05, 4.69) is 10.3 Å². The van der Waals surface area contributed by atoms with E-state index >= 15 is 0 Å². The van der Waals surface area contributed by atoms with Crippen molar-refractivity contribution in [2.45, 2.75) is 19.9 Å². The van der Waals surface area contributed by atoms with E-state index in [4.69, 9.17) is 0 Å². The Morgan fingerprint density at radius 2 is 2.17 bits per heavy atom. The zero-order valence-electron chi connectivity index (χ0n) is 10.0. The summed E-state index contributed by atoms with van der Waals surface area (Å²) in [6.45, 7) is 2.98. The molecule has 1 aromatic heterocycles. The summed E-state index contributed by atoms with van der Waals surface area (Å²) in [5.41, 5.74) is 1.37. The van der Waals surface area contributed by atoms with E-state index in [0.29, 0.717) is 18.7 Å². The molecule has 0 spiro atoms. The fraction of sp³-hybridized carbons (Fsp3) is 0.308. The third-order valence-electron chi connectivity index (χ3n) is 2.53. The van der Waals surface area contributed by atoms with Crippen molar-refractivity contribution < 1.29 is 8.78 Å². The van der Waals surface area contributed by atoms with Crippen molar-refractivity contribution in [1.29, 1.82) is 0 Å². The van der Waals surface area contributed by atoms with E-state index in [1.807, 2.05) is 12.3 Å². The fourth-order valence-electron chi connectivity index (χ4n) is 1.62. The summed E-state index contributed by atoms with van der Waals surface area (Å²) in [4.78, 5) is 4.33. The number of hydrogen-bond acceptors (Lipinski definition) is 3. The van der Waals surface area contributed by atoms with Gasteiger partial charge in [-0.2, -0.15) is 0 Å². The van der Waals surface area contributed by atoms with Crippen molar-refractivity contribution in [2.75, 3.05) is 6.54 Å². The molecule has 0 radical (unpaired) electrons. The molecule has 0 fully saturated rings. The van der Waals surface area contributed by atoms with Crippen LogP contribution < -0.4 is 5.32 Å². The standard InChI is InChI=1S/C13H14F2N2S/c1-9-8-18-12(17-9)5-6-16-7-10-3-2-4-11(14)13(10)15/h2-4,8,16H,5-7H2,1H3. The van der Waals surface area contributed by atoms with Gasteiger partial charge in [0.15, 0.2) is 11.6 Å². The number of hydrogen-bond donors (Lipinski definition) is 1. The zero-order chi connectivity index (χ0) is 13.0. The van der Waals surface area contributed by atoms with E-state index < -0.39 is 11.6 Å². The van der Waals surface area contributed by atoms with E-state index in [0.717, 1.165) is 23.2 Å². The van der Waals surface area contributed by atoms with Gasteiger partial charge in [0.25, 0.3) is 0 Å². The van der Waals surface area contributed by atoms with Crippen LogP contribution >= 0.6 is 11.3 Å². The minimum Gasteiger partial charge on any atom is -0.312 e. The third-order valence-corrected chi connectivity index (χ3v) is 3.56. The van der Waals surface area contributed by atoms with Gasteiger partial charge in [-0.15, -0.1) is 11.3 Å². The lowest BCUT2D eigenvalue weighted by atomic mass is 10.2. The van der Waals surface area contributed by atoms with Gasteiger partial charge >= 0.3 is 0 Å². The molecule has 96 valence electrons. The highest BCUT2D eigenvalue weighted by Crippen LogP contribution is 2.11. The van der Waals surface area contributed by atoms with Crippen LogP contribution in [-0.4, -0.2) is 11.5 Å². The number of rotatable bonds is 5. The summed E-state index contributed by atoms with van der Waals surface area (Å²) < 4.78 is 26.3. The van der Waals surface area contributed by atoms with E-state index in [9.17, 15) is 8.78 Å². The molecule has 0 saturated carbocycles. The monoisotopic (exact) mass is 268 g/mol. The third kappa shape index (κ3) is 3.34. The minimum absolute atomic E-state index is 0.327. The molecule has 0 aliphatic rings. The highest BCUT2D eigenvalue weighted by molar-refractivity contribution is 7.09. The number of aromatic nitrogens is 1. The average molecular weight is 268 g/mol. The molecule has 18 heavy (non-hydrogen) atoms. The first-order valence-corrected chi connectivity index (χ1v) is 6.59. The lowest BCUT2D eigenvalue weighted by Gasteiger charge is -2.05. The first-order chi connectivity index (χ1) is 8.66. The number of thiazole rings is 1. The van der Waals surface area contributed by atoms with Crippen LogP contribution in [0.3, 0.4) is 0 Å². The molecule has 0 aliphatic heterocycles. The van der Waals surface area contributed by atoms with Gasteiger partial charge in [0.05, 0.1) is 5.01 Å². The molecule has 1 heterocycles. The second kappa shape index (κ2) is 6.02. The van der Waals surface area contributed by atoms with Crippen LogP contribution in [-0.2, 0) is 13.0 Å². The van der Waals surface area contributed by atoms with Gasteiger partial charge in [0, 0.05) is 36.1 Å². The zero-order valence-corrected chi connectivity index (χ0v) is 10.9. The molecule has 2 aromatic rings. The van der Waals surface area contributed by atoms with Crippen molar-refractivity contribution in [3.63, 3.8) is 0 Å². The summed E-state index contributed by atoms with van der Waals surface area (Å²) in [6, 6.07) is 4.22. The first kappa shape index (κ1) is 13.1. The Hall–Kier alpha value is -1.33. The Morgan fingerprint density at radius 1 is 1.33 bits per heavy atom. The molecule has 2 nitrogen and oxygen atoms in total. The van der Waals surface area contributed by atoms with Crippen LogP contribution in [0, 0.1) is 18.6 Å². The number of aryl methyl sites for hydroxylation is 1. The summed E-state index contributed by atoms with van der Waals surface area (Å²) >= 11 is 1.62. The predicted molar refractivity (Wildman–Crippen MR) is 68.6 cm³/mol. The molecule has 0 atom stereocenters. The first-order valence-electron chi connectivity index (χ1n) is 5.71. The maximum atomic E-state index is 13.3. The van der Waals surface area contributed by atoms with Crippen LogP contribution in [0.25, 0.3) is 0 Å². The maximum absolute atomic E-state index is 13.3. The predicted octanol–water partition coefficient (Wildman–Crippen LogP) is 3.06. The Morgan fingerprint density at radius 3 is 2.89 bits per heavy atom. The lowest BCUT2D eigenvalue weighted by molar-refractivity contribution is 0.493. The van der Waals surface area contributed by atoms with Crippen LogP contribution in [0.2, 0.25) is 0 Å². The number of halogens is 2. The van der Waals surface area contributed by atoms with Gasteiger partial charge in [-0.3, -0.25) is 0 Å². The number of benzene rings is 1. The normalized spacial score (nSPS) is 10.8. The van der Waals surface area contributed by atoms with Gasteiger partial charge in [-0.25, -0.2) is 13.8 Å². The van der Waals surface area contributed by atoms with Gasteiger partial charge in [-0.1, -0.05) is 12.1 Å². The lowest BCUT2D eigenvalue weighted by Crippen LogP contribution is -2.17. The van der Waals surface area contributed by atoms with E-state index in [1.54, 1.807) is 17.4 Å². The number of nitrogens with one attached hydrogen (secondary N) is 1. The summed E-state index contributed by atoms with van der Waals surface area (Å²) in [7, 11) is 0. The molecule has 0 bridgehead atoms. The topological polar surface area (TPSA) is 24.9 Å². The molecule has 1 N–H and O–H groups in total. The summed E-state index contributed by atoms with van der Waals surface area (Å²) in [5, 5.41) is 6.14. The second-order valence-corrected chi connectivity index (χ2v) is 4.96. The Labute approximate surface area is 109 Å². The van der Waals surface area contributed by atoms with Gasteiger partial charge in [0.2, 0.25) is 0 Å². The maximum Gasteiger partial charge on any atom is 0.163 e. The summed E-state index contributed by atoms with van der Waals surface area (Å²) in [6.07, 6.45) is 0.801. The number of nitrogens with zero attached hydrogens (tertiary/aromatic N) is 1. The molecule has 2 rings (SSSR count). The minimum atomic E-state index is -0.801. The largest absolute Gasteiger partial charge is 0.312 e. The van der Waals surface area contributed by atoms with Crippen molar-refractivity contribution in [2.24, 2.45) is 0 Å². The molecule has 0 unspecified atom stereocenters. The van der Waals surface area contributed by atoms with E-state index in [1.165, 1.54) is 6.07 Å². The van der Waals surface area contributed by atoms with Gasteiger partial charge in [0.1, 0.15) is 0 Å². The quantitative estimate of drug-likeness (QED) is 0.843. The molecule has 1 aromatic carbocycles. The smallest absolute Gasteiger partial charge is 0.163 e. The second-order valence-electron chi connectivity index (χ2n) is 4.02.